The quantitative estimate of drug-likeness (QED) is 0.694. The zero-order valence-electron chi connectivity index (χ0n) is 12.4. The van der Waals surface area contributed by atoms with Crippen molar-refractivity contribution in [2.45, 2.75) is 58.3 Å². The summed E-state index contributed by atoms with van der Waals surface area (Å²) in [5.41, 5.74) is 5.60. The lowest BCUT2D eigenvalue weighted by Gasteiger charge is -2.36. The van der Waals surface area contributed by atoms with E-state index in [0.29, 0.717) is 13.1 Å². The van der Waals surface area contributed by atoms with Crippen LogP contribution in [0.25, 0.3) is 0 Å². The third-order valence-electron chi connectivity index (χ3n) is 4.34. The molecule has 112 valence electrons. The summed E-state index contributed by atoms with van der Waals surface area (Å²) in [5.74, 6) is 0.180. The van der Waals surface area contributed by atoms with Crippen LogP contribution in [0.1, 0.15) is 58.3 Å². The maximum absolute atomic E-state index is 12.8. The predicted octanol–water partition coefficient (Wildman–Crippen LogP) is 1.91. The normalized spacial score (nSPS) is 18.9. The molecule has 0 aliphatic heterocycles. The first kappa shape index (κ1) is 16.4. The van der Waals surface area contributed by atoms with E-state index in [1.165, 1.54) is 12.8 Å². The molecule has 4 nitrogen and oxygen atoms in total. The van der Waals surface area contributed by atoms with E-state index in [4.69, 9.17) is 5.73 Å². The molecule has 0 atom stereocenters. The van der Waals surface area contributed by atoms with Crippen LogP contribution in [0.5, 0.6) is 0 Å². The number of rotatable bonds is 7. The van der Waals surface area contributed by atoms with Crippen LogP contribution in [-0.4, -0.2) is 42.2 Å². The topological polar surface area (TPSA) is 66.6 Å². The van der Waals surface area contributed by atoms with Gasteiger partial charge in [-0.25, -0.2) is 0 Å². The number of nitrogens with two attached hydrogens (primary N) is 1. The van der Waals surface area contributed by atoms with Gasteiger partial charge in [-0.2, -0.15) is 0 Å². The highest BCUT2D eigenvalue weighted by atomic mass is 16.3. The Morgan fingerprint density at radius 1 is 1.21 bits per heavy atom. The lowest BCUT2D eigenvalue weighted by atomic mass is 9.79. The number of unbranched alkanes of at least 4 members (excludes halogenated alkanes) is 1. The Balaban J connectivity index is 2.76. The second-order valence-corrected chi connectivity index (χ2v) is 5.77. The third kappa shape index (κ3) is 4.46. The largest absolute Gasteiger partial charge is 0.395 e. The standard InChI is InChI=1S/C15H30N2O2/c1-2-3-10-17(11-12-18)14(19)15(13-16)8-6-4-5-7-9-15/h18H,2-13,16H2,1H3. The molecule has 0 heterocycles. The van der Waals surface area contributed by atoms with Crippen LogP contribution in [0.4, 0.5) is 0 Å². The molecule has 0 aromatic heterocycles. The van der Waals surface area contributed by atoms with E-state index in [1.54, 1.807) is 0 Å². The molecule has 1 rings (SSSR count). The summed E-state index contributed by atoms with van der Waals surface area (Å²) in [6.07, 6.45) is 8.51. The number of amides is 1. The van der Waals surface area contributed by atoms with Crippen LogP contribution < -0.4 is 5.73 Å². The Labute approximate surface area is 117 Å². The molecule has 1 fully saturated rings. The lowest BCUT2D eigenvalue weighted by molar-refractivity contribution is -0.143. The summed E-state index contributed by atoms with van der Waals surface area (Å²) in [7, 11) is 0. The fourth-order valence-corrected chi connectivity index (χ4v) is 3.03. The molecule has 1 aliphatic rings. The molecule has 0 bridgehead atoms. The molecule has 3 N–H and O–H groups in total. The molecule has 0 aromatic carbocycles. The molecule has 1 aliphatic carbocycles. The fourth-order valence-electron chi connectivity index (χ4n) is 3.03. The van der Waals surface area contributed by atoms with E-state index < -0.39 is 0 Å². The number of carbonyl (C=O) groups is 1. The van der Waals surface area contributed by atoms with E-state index in [0.717, 1.165) is 45.1 Å². The molecule has 1 saturated carbocycles. The average molecular weight is 270 g/mol. The molecule has 0 saturated heterocycles. The molecular formula is C15H30N2O2. The molecule has 0 unspecified atom stereocenters. The van der Waals surface area contributed by atoms with Crippen LogP contribution in [-0.2, 0) is 4.79 Å². The van der Waals surface area contributed by atoms with Gasteiger partial charge >= 0.3 is 0 Å². The van der Waals surface area contributed by atoms with Crippen molar-refractivity contribution in [3.8, 4) is 0 Å². The van der Waals surface area contributed by atoms with E-state index in [-0.39, 0.29) is 17.9 Å². The minimum absolute atomic E-state index is 0.0378. The van der Waals surface area contributed by atoms with Gasteiger partial charge in [0.05, 0.1) is 12.0 Å². The van der Waals surface area contributed by atoms with Crippen LogP contribution in [0, 0.1) is 5.41 Å². The highest BCUT2D eigenvalue weighted by molar-refractivity contribution is 5.83. The van der Waals surface area contributed by atoms with Crippen LogP contribution >= 0.6 is 0 Å². The monoisotopic (exact) mass is 270 g/mol. The molecule has 0 spiro atoms. The smallest absolute Gasteiger partial charge is 0.230 e. The zero-order chi connectivity index (χ0) is 14.1. The second kappa shape index (κ2) is 8.54. The minimum Gasteiger partial charge on any atom is -0.395 e. The summed E-state index contributed by atoms with van der Waals surface area (Å²) in [4.78, 5) is 14.7. The van der Waals surface area contributed by atoms with Crippen molar-refractivity contribution in [3.63, 3.8) is 0 Å². The van der Waals surface area contributed by atoms with Crippen LogP contribution in [0.3, 0.4) is 0 Å². The van der Waals surface area contributed by atoms with Gasteiger partial charge in [0.25, 0.3) is 0 Å². The van der Waals surface area contributed by atoms with Crippen molar-refractivity contribution in [1.29, 1.82) is 0 Å². The van der Waals surface area contributed by atoms with Crippen molar-refractivity contribution in [3.05, 3.63) is 0 Å². The van der Waals surface area contributed by atoms with Gasteiger partial charge in [-0.05, 0) is 19.3 Å². The maximum Gasteiger partial charge on any atom is 0.230 e. The number of aliphatic hydroxyl groups is 1. The Bertz CT molecular complexity index is 261. The van der Waals surface area contributed by atoms with Crippen molar-refractivity contribution in [1.82, 2.24) is 4.90 Å². The predicted molar refractivity (Wildman–Crippen MR) is 77.8 cm³/mol. The summed E-state index contributed by atoms with van der Waals surface area (Å²) in [6.45, 7) is 3.79. The third-order valence-corrected chi connectivity index (χ3v) is 4.34. The highest BCUT2D eigenvalue weighted by Gasteiger charge is 2.39. The Kier molecular flexibility index (Phi) is 7.39. The number of hydrogen-bond acceptors (Lipinski definition) is 3. The van der Waals surface area contributed by atoms with E-state index in [2.05, 4.69) is 6.92 Å². The Morgan fingerprint density at radius 3 is 2.32 bits per heavy atom. The molecule has 0 radical (unpaired) electrons. The van der Waals surface area contributed by atoms with Gasteiger partial charge in [-0.15, -0.1) is 0 Å². The number of aliphatic hydroxyl groups excluding tert-OH is 1. The van der Waals surface area contributed by atoms with E-state index in [9.17, 15) is 9.90 Å². The van der Waals surface area contributed by atoms with Crippen molar-refractivity contribution < 1.29 is 9.90 Å². The minimum atomic E-state index is -0.362. The Morgan fingerprint density at radius 2 is 1.84 bits per heavy atom. The summed E-state index contributed by atoms with van der Waals surface area (Å²) in [5, 5.41) is 9.17. The van der Waals surface area contributed by atoms with Gasteiger partial charge in [0.15, 0.2) is 0 Å². The van der Waals surface area contributed by atoms with Gasteiger partial charge in [0.2, 0.25) is 5.91 Å². The first-order chi connectivity index (χ1) is 9.20. The zero-order valence-corrected chi connectivity index (χ0v) is 12.4. The Hall–Kier alpha value is -0.610. The summed E-state index contributed by atoms with van der Waals surface area (Å²) in [6, 6.07) is 0. The lowest BCUT2D eigenvalue weighted by Crippen LogP contribution is -2.49. The van der Waals surface area contributed by atoms with Gasteiger partial charge in [-0.1, -0.05) is 39.0 Å². The van der Waals surface area contributed by atoms with Gasteiger partial charge in [-0.3, -0.25) is 4.79 Å². The molecule has 1 amide bonds. The van der Waals surface area contributed by atoms with Crippen LogP contribution in [0.2, 0.25) is 0 Å². The number of nitrogens with zero attached hydrogens (tertiary/aromatic N) is 1. The van der Waals surface area contributed by atoms with Gasteiger partial charge < -0.3 is 15.7 Å². The van der Waals surface area contributed by atoms with Crippen LogP contribution in [0.15, 0.2) is 0 Å². The van der Waals surface area contributed by atoms with Crippen molar-refractivity contribution in [2.24, 2.45) is 11.1 Å². The second-order valence-electron chi connectivity index (χ2n) is 5.77. The number of hydrogen-bond donors (Lipinski definition) is 2. The van der Waals surface area contributed by atoms with E-state index >= 15 is 0 Å². The van der Waals surface area contributed by atoms with Crippen molar-refractivity contribution >= 4 is 5.91 Å². The fraction of sp³-hybridized carbons (Fsp3) is 0.933. The molecule has 19 heavy (non-hydrogen) atoms. The van der Waals surface area contributed by atoms with Gasteiger partial charge in [0.1, 0.15) is 0 Å². The number of carbonyl (C=O) groups excluding carboxylic acids is 1. The summed E-state index contributed by atoms with van der Waals surface area (Å²) < 4.78 is 0. The first-order valence-corrected chi connectivity index (χ1v) is 7.80. The van der Waals surface area contributed by atoms with Gasteiger partial charge in [0, 0.05) is 19.6 Å². The van der Waals surface area contributed by atoms with Crippen molar-refractivity contribution in [2.75, 3.05) is 26.2 Å². The molecular weight excluding hydrogens is 240 g/mol. The molecule has 0 aromatic rings. The average Bonchev–Trinajstić information content (AvgIpc) is 2.69. The van der Waals surface area contributed by atoms with E-state index in [1.807, 2.05) is 4.90 Å². The maximum atomic E-state index is 12.8. The summed E-state index contributed by atoms with van der Waals surface area (Å²) >= 11 is 0. The SMILES string of the molecule is CCCCN(CCO)C(=O)C1(CN)CCCCCC1. The highest BCUT2D eigenvalue weighted by Crippen LogP contribution is 2.36. The first-order valence-electron chi connectivity index (χ1n) is 7.80. The molecule has 4 heteroatoms.